The van der Waals surface area contributed by atoms with Crippen LogP contribution in [-0.4, -0.2) is 17.7 Å². The molecule has 1 N–H and O–H groups in total. The number of hydrogen-bond donors (Lipinski definition) is 1. The second-order valence-electron chi connectivity index (χ2n) is 5.28. The molecule has 0 radical (unpaired) electrons. The molecule has 1 saturated carbocycles. The summed E-state index contributed by atoms with van der Waals surface area (Å²) in [7, 11) is 0. The molecule has 3 heteroatoms. The molecule has 18 heavy (non-hydrogen) atoms. The predicted molar refractivity (Wildman–Crippen MR) is 68.3 cm³/mol. The number of carbonyl (C=O) groups is 2. The lowest BCUT2D eigenvalue weighted by atomic mass is 9.77. The Bertz CT molecular complexity index is 485. The maximum Gasteiger partial charge on any atom is 0.228 e. The van der Waals surface area contributed by atoms with Crippen LogP contribution in [0.4, 0.5) is 0 Å². The smallest absolute Gasteiger partial charge is 0.228 e. The van der Waals surface area contributed by atoms with Crippen molar-refractivity contribution in [2.75, 3.05) is 0 Å². The fraction of sp³-hybridized carbons (Fsp3) is 0.467. The molecule has 1 unspecified atom stereocenters. The zero-order valence-corrected chi connectivity index (χ0v) is 10.3. The van der Waals surface area contributed by atoms with Gasteiger partial charge in [0.15, 0.2) is 0 Å². The SMILES string of the molecule is O=C1CCC(NC(=O)C2Cc3ccccc32)CC1. The van der Waals surface area contributed by atoms with E-state index in [1.54, 1.807) is 0 Å². The quantitative estimate of drug-likeness (QED) is 0.863. The van der Waals surface area contributed by atoms with Crippen LogP contribution in [0.3, 0.4) is 0 Å². The number of benzene rings is 1. The minimum atomic E-state index is 0.0267. The Morgan fingerprint density at radius 3 is 2.61 bits per heavy atom. The normalized spacial score (nSPS) is 23.1. The van der Waals surface area contributed by atoms with Gasteiger partial charge >= 0.3 is 0 Å². The molecule has 0 spiro atoms. The molecule has 1 atom stereocenters. The van der Waals surface area contributed by atoms with Gasteiger partial charge in [0.1, 0.15) is 5.78 Å². The molecule has 0 heterocycles. The maximum atomic E-state index is 12.1. The summed E-state index contributed by atoms with van der Waals surface area (Å²) in [5, 5.41) is 3.09. The lowest BCUT2D eigenvalue weighted by molar-refractivity contribution is -0.126. The first kappa shape index (κ1) is 11.5. The lowest BCUT2D eigenvalue weighted by Gasteiger charge is -2.31. The zero-order valence-electron chi connectivity index (χ0n) is 10.3. The van der Waals surface area contributed by atoms with Gasteiger partial charge in [0, 0.05) is 18.9 Å². The number of hydrogen-bond acceptors (Lipinski definition) is 2. The average Bonchev–Trinajstić information content (AvgIpc) is 2.34. The Morgan fingerprint density at radius 2 is 1.89 bits per heavy atom. The summed E-state index contributed by atoms with van der Waals surface area (Å²) in [6, 6.07) is 8.31. The molecule has 1 aromatic rings. The van der Waals surface area contributed by atoms with Gasteiger partial charge in [-0.3, -0.25) is 9.59 Å². The highest BCUT2D eigenvalue weighted by molar-refractivity contribution is 5.87. The molecule has 0 aromatic heterocycles. The third kappa shape index (κ3) is 2.05. The van der Waals surface area contributed by atoms with Crippen molar-refractivity contribution in [2.45, 2.75) is 44.1 Å². The van der Waals surface area contributed by atoms with Gasteiger partial charge in [-0.25, -0.2) is 0 Å². The van der Waals surface area contributed by atoms with Crippen molar-refractivity contribution in [3.63, 3.8) is 0 Å². The van der Waals surface area contributed by atoms with E-state index in [2.05, 4.69) is 11.4 Å². The van der Waals surface area contributed by atoms with E-state index in [1.165, 1.54) is 11.1 Å². The fourth-order valence-electron chi connectivity index (χ4n) is 2.88. The van der Waals surface area contributed by atoms with Gasteiger partial charge in [0.25, 0.3) is 0 Å². The summed E-state index contributed by atoms with van der Waals surface area (Å²) >= 11 is 0. The molecule has 3 rings (SSSR count). The summed E-state index contributed by atoms with van der Waals surface area (Å²) in [5.41, 5.74) is 2.46. The number of ketones is 1. The molecule has 1 fully saturated rings. The molecular formula is C15H17NO2. The van der Waals surface area contributed by atoms with Crippen molar-refractivity contribution in [2.24, 2.45) is 0 Å². The molecular weight excluding hydrogens is 226 g/mol. The van der Waals surface area contributed by atoms with Crippen LogP contribution in [0.2, 0.25) is 0 Å². The number of nitrogens with one attached hydrogen (secondary N) is 1. The molecule has 3 nitrogen and oxygen atoms in total. The van der Waals surface area contributed by atoms with Crippen LogP contribution in [-0.2, 0) is 16.0 Å². The van der Waals surface area contributed by atoms with E-state index >= 15 is 0 Å². The topological polar surface area (TPSA) is 46.2 Å². The van der Waals surface area contributed by atoms with E-state index in [4.69, 9.17) is 0 Å². The highest BCUT2D eigenvalue weighted by Crippen LogP contribution is 2.35. The van der Waals surface area contributed by atoms with Crippen LogP contribution in [0.5, 0.6) is 0 Å². The van der Waals surface area contributed by atoms with Crippen LogP contribution >= 0.6 is 0 Å². The molecule has 1 amide bonds. The highest BCUT2D eigenvalue weighted by atomic mass is 16.2. The first-order chi connectivity index (χ1) is 8.74. The third-order valence-electron chi connectivity index (χ3n) is 4.06. The van der Waals surface area contributed by atoms with Crippen molar-refractivity contribution in [1.29, 1.82) is 0 Å². The standard InChI is InChI=1S/C15H17NO2/c17-12-7-5-11(6-8-12)16-15(18)14-9-10-3-1-2-4-13(10)14/h1-4,11,14H,5-9H2,(H,16,18). The molecule has 0 saturated heterocycles. The monoisotopic (exact) mass is 243 g/mol. The summed E-state index contributed by atoms with van der Waals surface area (Å²) in [6.45, 7) is 0. The van der Waals surface area contributed by atoms with Gasteiger partial charge in [-0.2, -0.15) is 0 Å². The molecule has 94 valence electrons. The number of fused-ring (bicyclic) bond motifs is 1. The fourth-order valence-corrected chi connectivity index (χ4v) is 2.88. The molecule has 0 bridgehead atoms. The summed E-state index contributed by atoms with van der Waals surface area (Å²) < 4.78 is 0. The Balaban J connectivity index is 1.59. The second-order valence-corrected chi connectivity index (χ2v) is 5.28. The average molecular weight is 243 g/mol. The Kier molecular flexibility index (Phi) is 2.90. The van der Waals surface area contributed by atoms with Crippen molar-refractivity contribution in [3.05, 3.63) is 35.4 Å². The van der Waals surface area contributed by atoms with Crippen LogP contribution in [0.25, 0.3) is 0 Å². The van der Waals surface area contributed by atoms with E-state index in [1.807, 2.05) is 18.2 Å². The zero-order chi connectivity index (χ0) is 12.5. The van der Waals surface area contributed by atoms with Gasteiger partial charge < -0.3 is 5.32 Å². The Morgan fingerprint density at radius 1 is 1.17 bits per heavy atom. The lowest BCUT2D eigenvalue weighted by Crippen LogP contribution is -2.43. The van der Waals surface area contributed by atoms with Gasteiger partial charge in [-0.15, -0.1) is 0 Å². The first-order valence-electron chi connectivity index (χ1n) is 6.64. The van der Waals surface area contributed by atoms with E-state index in [9.17, 15) is 9.59 Å². The van der Waals surface area contributed by atoms with E-state index in [-0.39, 0.29) is 17.9 Å². The van der Waals surface area contributed by atoms with Crippen LogP contribution in [0.15, 0.2) is 24.3 Å². The van der Waals surface area contributed by atoms with Gasteiger partial charge in [-0.05, 0) is 30.4 Å². The Hall–Kier alpha value is -1.64. The minimum absolute atomic E-state index is 0.0267. The molecule has 1 aromatic carbocycles. The maximum absolute atomic E-state index is 12.1. The minimum Gasteiger partial charge on any atom is -0.353 e. The van der Waals surface area contributed by atoms with Crippen molar-refractivity contribution in [3.8, 4) is 0 Å². The predicted octanol–water partition coefficient (Wildman–Crippen LogP) is 1.95. The van der Waals surface area contributed by atoms with Crippen LogP contribution in [0.1, 0.15) is 42.7 Å². The van der Waals surface area contributed by atoms with Gasteiger partial charge in [0.05, 0.1) is 5.92 Å². The van der Waals surface area contributed by atoms with Crippen LogP contribution in [0, 0.1) is 0 Å². The number of Topliss-reactive ketones (excluding diaryl/α,β-unsaturated/α-hetero) is 1. The third-order valence-corrected chi connectivity index (χ3v) is 4.06. The highest BCUT2D eigenvalue weighted by Gasteiger charge is 2.33. The van der Waals surface area contributed by atoms with Gasteiger partial charge in [-0.1, -0.05) is 24.3 Å². The number of rotatable bonds is 2. The van der Waals surface area contributed by atoms with Crippen molar-refractivity contribution >= 4 is 11.7 Å². The first-order valence-corrected chi connectivity index (χ1v) is 6.64. The van der Waals surface area contributed by atoms with Crippen molar-refractivity contribution < 1.29 is 9.59 Å². The molecule has 0 aliphatic heterocycles. The van der Waals surface area contributed by atoms with E-state index in [0.29, 0.717) is 18.6 Å². The molecule has 2 aliphatic rings. The summed E-state index contributed by atoms with van der Waals surface area (Å²) in [5.74, 6) is 0.487. The van der Waals surface area contributed by atoms with Gasteiger partial charge in [0.2, 0.25) is 5.91 Å². The van der Waals surface area contributed by atoms with Crippen molar-refractivity contribution in [1.82, 2.24) is 5.32 Å². The molecule has 2 aliphatic carbocycles. The Labute approximate surface area is 107 Å². The number of carbonyl (C=O) groups excluding carboxylic acids is 2. The van der Waals surface area contributed by atoms with Crippen LogP contribution < -0.4 is 5.32 Å². The summed E-state index contributed by atoms with van der Waals surface area (Å²) in [6.07, 6.45) is 3.70. The summed E-state index contributed by atoms with van der Waals surface area (Å²) in [4.78, 5) is 23.3. The van der Waals surface area contributed by atoms with E-state index < -0.39 is 0 Å². The van der Waals surface area contributed by atoms with E-state index in [0.717, 1.165) is 19.3 Å². The number of amides is 1. The second kappa shape index (κ2) is 4.56. The largest absolute Gasteiger partial charge is 0.353 e.